The lowest BCUT2D eigenvalue weighted by atomic mass is 9.80. The minimum absolute atomic E-state index is 0.0411. The number of hydrogen-bond donors (Lipinski definition) is 2. The first-order chi connectivity index (χ1) is 17.2. The first-order valence-electron chi connectivity index (χ1n) is 11.2. The number of hydrogen-bond acceptors (Lipinski definition) is 7. The van der Waals surface area contributed by atoms with Gasteiger partial charge in [-0.25, -0.2) is 9.97 Å². The molecule has 188 valence electrons. The molecule has 0 bridgehead atoms. The summed E-state index contributed by atoms with van der Waals surface area (Å²) in [4.78, 5) is 37.7. The summed E-state index contributed by atoms with van der Waals surface area (Å²) >= 11 is 0. The third-order valence-corrected chi connectivity index (χ3v) is 5.98. The second kappa shape index (κ2) is 10.4. The van der Waals surface area contributed by atoms with Gasteiger partial charge in [0.05, 0.1) is 53.0 Å². The number of rotatable bonds is 8. The highest BCUT2D eigenvalue weighted by molar-refractivity contribution is 5.99. The number of ketones is 1. The zero-order valence-electron chi connectivity index (χ0n) is 19.4. The molecule has 1 amide bonds. The molecule has 8 nitrogen and oxygen atoms in total. The van der Waals surface area contributed by atoms with Gasteiger partial charge in [0.25, 0.3) is 0 Å². The highest BCUT2D eigenvalue weighted by Crippen LogP contribution is 2.37. The number of nitrogens with one attached hydrogen (secondary N) is 2. The van der Waals surface area contributed by atoms with Gasteiger partial charge >= 0.3 is 6.18 Å². The Labute approximate surface area is 205 Å². The largest absolute Gasteiger partial charge is 0.418 e. The van der Waals surface area contributed by atoms with Crippen molar-refractivity contribution in [3.63, 3.8) is 0 Å². The topological polar surface area (TPSA) is 106 Å². The van der Waals surface area contributed by atoms with Crippen LogP contribution in [0.1, 0.15) is 40.0 Å². The molecule has 1 saturated heterocycles. The van der Waals surface area contributed by atoms with Crippen LogP contribution in [0.5, 0.6) is 0 Å². The number of benzene rings is 1. The molecule has 2 aromatic heterocycles. The third-order valence-electron chi connectivity index (χ3n) is 5.98. The number of carbonyl (C=O) groups excluding carboxylic acids is 2. The lowest BCUT2D eigenvalue weighted by Gasteiger charge is -2.25. The molecule has 2 N–H and O–H groups in total. The Morgan fingerprint density at radius 2 is 1.89 bits per heavy atom. The zero-order chi connectivity index (χ0) is 25.8. The Morgan fingerprint density at radius 3 is 2.53 bits per heavy atom. The molecule has 0 spiro atoms. The van der Waals surface area contributed by atoms with Gasteiger partial charge in [-0.1, -0.05) is 11.6 Å². The van der Waals surface area contributed by atoms with Gasteiger partial charge in [-0.2, -0.15) is 13.2 Å². The highest BCUT2D eigenvalue weighted by atomic mass is 19.4. The lowest BCUT2D eigenvalue weighted by Crippen LogP contribution is -2.42. The number of alkyl halides is 3. The molecule has 1 aromatic carbocycles. The monoisotopic (exact) mass is 499 g/mol. The SMILES string of the molecule is Cc1ccc(Nc2ccc(CNC(=O)[C@]3(CC(=O)c4cncnc4)CCOC3)nc2)c(C(F)(F)F)c1. The average molecular weight is 499 g/mol. The highest BCUT2D eigenvalue weighted by Gasteiger charge is 2.44. The molecular weight excluding hydrogens is 475 g/mol. The van der Waals surface area contributed by atoms with Gasteiger partial charge in [-0.3, -0.25) is 14.6 Å². The number of nitrogens with zero attached hydrogens (tertiary/aromatic N) is 3. The molecule has 3 aromatic rings. The Morgan fingerprint density at radius 1 is 1.11 bits per heavy atom. The van der Waals surface area contributed by atoms with Gasteiger partial charge in [-0.15, -0.1) is 0 Å². The summed E-state index contributed by atoms with van der Waals surface area (Å²) in [5.41, 5.74) is -0.146. The van der Waals surface area contributed by atoms with Gasteiger partial charge in [0.2, 0.25) is 5.91 Å². The van der Waals surface area contributed by atoms with E-state index in [4.69, 9.17) is 4.74 Å². The number of pyridine rings is 1. The molecular formula is C25H24F3N5O3. The summed E-state index contributed by atoms with van der Waals surface area (Å²) in [6.07, 6.45) is 1.39. The number of Topliss-reactive ketones (excluding diaryl/α,β-unsaturated/α-hetero) is 1. The van der Waals surface area contributed by atoms with Crippen LogP contribution in [0.2, 0.25) is 0 Å². The van der Waals surface area contributed by atoms with Crippen molar-refractivity contribution in [3.05, 3.63) is 77.6 Å². The Bertz CT molecular complexity index is 1230. The van der Waals surface area contributed by atoms with Crippen LogP contribution >= 0.6 is 0 Å². The van der Waals surface area contributed by atoms with Crippen LogP contribution in [-0.4, -0.2) is 39.9 Å². The normalized spacial score (nSPS) is 17.6. The van der Waals surface area contributed by atoms with Crippen LogP contribution in [-0.2, 0) is 22.3 Å². The summed E-state index contributed by atoms with van der Waals surface area (Å²) in [5, 5.41) is 5.56. The maximum absolute atomic E-state index is 13.4. The van der Waals surface area contributed by atoms with Crippen LogP contribution in [0.4, 0.5) is 24.5 Å². The van der Waals surface area contributed by atoms with E-state index in [1.165, 1.54) is 31.0 Å². The van der Waals surface area contributed by atoms with E-state index in [-0.39, 0.29) is 37.0 Å². The minimum atomic E-state index is -4.50. The molecule has 0 unspecified atom stereocenters. The Hall–Kier alpha value is -3.86. The smallest absolute Gasteiger partial charge is 0.380 e. The Balaban J connectivity index is 1.39. The number of anilines is 2. The maximum Gasteiger partial charge on any atom is 0.418 e. The molecule has 4 rings (SSSR count). The number of aromatic nitrogens is 3. The van der Waals surface area contributed by atoms with Crippen molar-refractivity contribution in [1.82, 2.24) is 20.3 Å². The van der Waals surface area contributed by atoms with E-state index in [0.29, 0.717) is 35.5 Å². The van der Waals surface area contributed by atoms with Gasteiger partial charge in [0.1, 0.15) is 6.33 Å². The first kappa shape index (κ1) is 25.2. The fourth-order valence-electron chi connectivity index (χ4n) is 3.98. The molecule has 0 aliphatic carbocycles. The van der Waals surface area contributed by atoms with Crippen molar-refractivity contribution in [2.75, 3.05) is 18.5 Å². The quantitative estimate of drug-likeness (QED) is 0.447. The minimum Gasteiger partial charge on any atom is -0.380 e. The van der Waals surface area contributed by atoms with Crippen LogP contribution in [0.3, 0.4) is 0 Å². The van der Waals surface area contributed by atoms with E-state index >= 15 is 0 Å². The number of ether oxygens (including phenoxy) is 1. The van der Waals surface area contributed by atoms with E-state index < -0.39 is 17.2 Å². The average Bonchev–Trinajstić information content (AvgIpc) is 3.34. The molecule has 1 aliphatic heterocycles. The Kier molecular flexibility index (Phi) is 7.30. The number of halogens is 3. The molecule has 1 atom stereocenters. The van der Waals surface area contributed by atoms with Crippen molar-refractivity contribution >= 4 is 23.1 Å². The van der Waals surface area contributed by atoms with Gasteiger partial charge < -0.3 is 15.4 Å². The number of carbonyl (C=O) groups is 2. The first-order valence-corrected chi connectivity index (χ1v) is 11.2. The zero-order valence-corrected chi connectivity index (χ0v) is 19.4. The summed E-state index contributed by atoms with van der Waals surface area (Å²) in [6.45, 7) is 2.16. The van der Waals surface area contributed by atoms with Crippen LogP contribution in [0.15, 0.2) is 55.2 Å². The summed E-state index contributed by atoms with van der Waals surface area (Å²) in [6, 6.07) is 7.24. The van der Waals surface area contributed by atoms with Crippen molar-refractivity contribution in [1.29, 1.82) is 0 Å². The second-order valence-corrected chi connectivity index (χ2v) is 8.70. The van der Waals surface area contributed by atoms with Crippen molar-refractivity contribution < 1.29 is 27.5 Å². The summed E-state index contributed by atoms with van der Waals surface area (Å²) in [7, 11) is 0. The molecule has 1 aliphatic rings. The predicted molar refractivity (Wildman–Crippen MR) is 124 cm³/mol. The third kappa shape index (κ3) is 5.85. The van der Waals surface area contributed by atoms with Gasteiger partial charge in [0, 0.05) is 25.4 Å². The fraction of sp³-hybridized carbons (Fsp3) is 0.320. The predicted octanol–water partition coefficient (Wildman–Crippen LogP) is 4.24. The molecule has 0 saturated carbocycles. The van der Waals surface area contributed by atoms with E-state index in [2.05, 4.69) is 25.6 Å². The summed E-state index contributed by atoms with van der Waals surface area (Å²) in [5.74, 6) is -0.581. The van der Waals surface area contributed by atoms with Crippen LogP contribution in [0.25, 0.3) is 0 Å². The van der Waals surface area contributed by atoms with Gasteiger partial charge in [-0.05, 0) is 37.6 Å². The van der Waals surface area contributed by atoms with Crippen molar-refractivity contribution in [2.24, 2.45) is 5.41 Å². The van der Waals surface area contributed by atoms with Gasteiger partial charge in [0.15, 0.2) is 5.78 Å². The van der Waals surface area contributed by atoms with Crippen molar-refractivity contribution in [3.8, 4) is 0 Å². The van der Waals surface area contributed by atoms with E-state index in [9.17, 15) is 22.8 Å². The number of aryl methyl sites for hydroxylation is 1. The molecule has 0 radical (unpaired) electrons. The van der Waals surface area contributed by atoms with Crippen LogP contribution < -0.4 is 10.6 Å². The van der Waals surface area contributed by atoms with Crippen LogP contribution in [0, 0.1) is 12.3 Å². The molecule has 11 heteroatoms. The fourth-order valence-corrected chi connectivity index (χ4v) is 3.98. The lowest BCUT2D eigenvalue weighted by molar-refractivity contribution is -0.137. The van der Waals surface area contributed by atoms with E-state index in [0.717, 1.165) is 6.07 Å². The maximum atomic E-state index is 13.4. The van der Waals surface area contributed by atoms with E-state index in [1.54, 1.807) is 25.1 Å². The molecule has 1 fully saturated rings. The van der Waals surface area contributed by atoms with Crippen molar-refractivity contribution in [2.45, 2.75) is 32.5 Å². The van der Waals surface area contributed by atoms with E-state index in [1.807, 2.05) is 0 Å². The summed E-state index contributed by atoms with van der Waals surface area (Å²) < 4.78 is 45.6. The standard InChI is InChI=1S/C25H24F3N5O3/c1-16-2-5-21(20(8-16)25(26,27)28)33-19-4-3-18(31-13-19)12-32-23(35)24(6-7-36-14-24)9-22(34)17-10-29-15-30-11-17/h2-5,8,10-11,13,15,33H,6-7,9,12,14H2,1H3,(H,32,35)/t24-/m0/s1. The number of amides is 1. The molecule has 3 heterocycles. The molecule has 36 heavy (non-hydrogen) atoms. The second-order valence-electron chi connectivity index (χ2n) is 8.70.